The molecule has 4 aromatic carbocycles. The van der Waals surface area contributed by atoms with Gasteiger partial charge in [0.1, 0.15) is 18.4 Å². The Morgan fingerprint density at radius 3 is 1.51 bits per heavy atom. The predicted molar refractivity (Wildman–Crippen MR) is 225 cm³/mol. The van der Waals surface area contributed by atoms with Crippen molar-refractivity contribution < 1.29 is 45.7 Å². The van der Waals surface area contributed by atoms with E-state index < -0.39 is 5.41 Å². The fraction of sp³-hybridized carbons (Fsp3) is 0.239. The standard InChI is InChI=1S/C26H27ClN3O4.C20H16ClN3O2.ClH/c1-26(2,3)25(33)34-17-28-15-20(29(16-28)14-18-8-10-19(27)11-9-18)12-13-30-23(31)21-6-4-5-7-22(21)24(30)32;21-15-7-5-14(6-8-15)12-23-13-22-11-16(23)9-10-24-19(25)17-3-1-2-4-18(17)20(24)26;/h4-11,15-16H,12-14,17H2,1-3H3;1-8,11,13H,9-10,12H2;1H/q+1;;/p-1. The van der Waals surface area contributed by atoms with E-state index in [1.807, 2.05) is 70.2 Å². The minimum Gasteiger partial charge on any atom is -1.00 e. The van der Waals surface area contributed by atoms with E-state index in [4.69, 9.17) is 27.9 Å². The van der Waals surface area contributed by atoms with Crippen molar-refractivity contribution in [3.8, 4) is 0 Å². The molecule has 12 nitrogen and oxygen atoms in total. The maximum Gasteiger partial charge on any atom is 0.314 e. The van der Waals surface area contributed by atoms with E-state index in [-0.39, 0.29) is 55.3 Å². The van der Waals surface area contributed by atoms with Gasteiger partial charge >= 0.3 is 5.97 Å². The summed E-state index contributed by atoms with van der Waals surface area (Å²) in [6.07, 6.45) is 8.28. The molecule has 2 aromatic heterocycles. The summed E-state index contributed by atoms with van der Waals surface area (Å²) in [6, 6.07) is 29.0. The first kappa shape index (κ1) is 44.5. The molecule has 0 saturated heterocycles. The summed E-state index contributed by atoms with van der Waals surface area (Å²) < 4.78 is 11.3. The number of aromatic nitrogens is 4. The molecule has 61 heavy (non-hydrogen) atoms. The largest absolute Gasteiger partial charge is 1.00 e. The van der Waals surface area contributed by atoms with Crippen LogP contribution in [0.3, 0.4) is 0 Å². The molecule has 4 amide bonds. The van der Waals surface area contributed by atoms with Crippen molar-refractivity contribution in [3.05, 3.63) is 177 Å². The number of ether oxygens (including phenoxy) is 1. The number of imidazole rings is 2. The van der Waals surface area contributed by atoms with E-state index in [2.05, 4.69) is 4.98 Å². The van der Waals surface area contributed by atoms with Gasteiger partial charge in [-0.2, -0.15) is 0 Å². The fourth-order valence-corrected chi connectivity index (χ4v) is 7.18. The number of rotatable bonds is 12. The Hall–Kier alpha value is -6.08. The van der Waals surface area contributed by atoms with Crippen LogP contribution in [0.1, 0.15) is 84.7 Å². The van der Waals surface area contributed by atoms with Crippen LogP contribution in [-0.4, -0.2) is 66.6 Å². The summed E-state index contributed by atoms with van der Waals surface area (Å²) in [5, 5.41) is 1.36. The topological polar surface area (TPSA) is 128 Å². The van der Waals surface area contributed by atoms with Crippen molar-refractivity contribution in [1.29, 1.82) is 0 Å². The van der Waals surface area contributed by atoms with Crippen LogP contribution in [0, 0.1) is 5.41 Å². The summed E-state index contributed by atoms with van der Waals surface area (Å²) in [4.78, 5) is 69.4. The first-order chi connectivity index (χ1) is 28.8. The molecular formula is C46H43Cl3N6O6. The zero-order chi connectivity index (χ0) is 42.6. The van der Waals surface area contributed by atoms with Gasteiger partial charge < -0.3 is 21.7 Å². The highest BCUT2D eigenvalue weighted by Gasteiger charge is 2.36. The molecule has 4 heterocycles. The minimum atomic E-state index is -0.596. The molecule has 15 heteroatoms. The number of imide groups is 2. The Morgan fingerprint density at radius 2 is 1.07 bits per heavy atom. The number of amides is 4. The number of carbonyl (C=O) groups is 5. The fourth-order valence-electron chi connectivity index (χ4n) is 6.93. The molecule has 314 valence electrons. The Labute approximate surface area is 369 Å². The van der Waals surface area contributed by atoms with Gasteiger partial charge in [0.2, 0.25) is 13.1 Å². The quantitative estimate of drug-likeness (QED) is 0.102. The Bertz CT molecular complexity index is 2510. The summed E-state index contributed by atoms with van der Waals surface area (Å²) in [7, 11) is 0. The zero-order valence-corrected chi connectivity index (χ0v) is 36.0. The van der Waals surface area contributed by atoms with Crippen molar-refractivity contribution in [3.63, 3.8) is 0 Å². The maximum absolute atomic E-state index is 12.7. The highest BCUT2D eigenvalue weighted by molar-refractivity contribution is 6.30. The third-order valence-electron chi connectivity index (χ3n) is 10.2. The average Bonchev–Trinajstić information content (AvgIpc) is 3.97. The van der Waals surface area contributed by atoms with Gasteiger partial charge in [-0.1, -0.05) is 71.7 Å². The molecule has 0 bridgehead atoms. The van der Waals surface area contributed by atoms with E-state index in [1.54, 1.807) is 86.4 Å². The Kier molecular flexibility index (Phi) is 13.9. The molecule has 0 fully saturated rings. The molecule has 0 aliphatic carbocycles. The van der Waals surface area contributed by atoms with Crippen molar-refractivity contribution in [2.75, 3.05) is 13.1 Å². The highest BCUT2D eigenvalue weighted by Crippen LogP contribution is 2.24. The van der Waals surface area contributed by atoms with E-state index in [1.165, 1.54) is 9.80 Å². The Morgan fingerprint density at radius 1 is 0.639 bits per heavy atom. The van der Waals surface area contributed by atoms with E-state index in [0.29, 0.717) is 64.8 Å². The number of benzene rings is 4. The van der Waals surface area contributed by atoms with E-state index >= 15 is 0 Å². The lowest BCUT2D eigenvalue weighted by Gasteiger charge is -2.15. The Balaban J connectivity index is 0.000000207. The van der Waals surface area contributed by atoms with Gasteiger partial charge in [-0.15, -0.1) is 0 Å². The van der Waals surface area contributed by atoms with Crippen LogP contribution < -0.4 is 17.0 Å². The van der Waals surface area contributed by atoms with Gasteiger partial charge in [-0.3, -0.25) is 33.8 Å². The summed E-state index contributed by atoms with van der Waals surface area (Å²) in [5.41, 5.74) is 5.26. The van der Waals surface area contributed by atoms with Crippen molar-refractivity contribution >= 4 is 52.8 Å². The normalized spacial score (nSPS) is 13.1. The zero-order valence-electron chi connectivity index (χ0n) is 33.8. The third-order valence-corrected chi connectivity index (χ3v) is 10.7. The second-order valence-corrected chi connectivity index (χ2v) is 16.4. The molecule has 2 aliphatic heterocycles. The minimum absolute atomic E-state index is 0. The lowest BCUT2D eigenvalue weighted by molar-refractivity contribution is -0.727. The molecule has 0 radical (unpaired) electrons. The third kappa shape index (κ3) is 10.3. The second-order valence-electron chi connectivity index (χ2n) is 15.6. The lowest BCUT2D eigenvalue weighted by atomic mass is 9.98. The van der Waals surface area contributed by atoms with Gasteiger partial charge in [-0.05, 0) is 80.4 Å². The number of hydrogen-bond acceptors (Lipinski definition) is 7. The number of nitrogens with zero attached hydrogens (tertiary/aromatic N) is 6. The highest BCUT2D eigenvalue weighted by atomic mass is 35.5. The van der Waals surface area contributed by atoms with Crippen LogP contribution in [0.15, 0.2) is 122 Å². The van der Waals surface area contributed by atoms with Crippen molar-refractivity contribution in [2.24, 2.45) is 5.41 Å². The molecule has 0 unspecified atom stereocenters. The molecule has 0 spiro atoms. The van der Waals surface area contributed by atoms with E-state index in [9.17, 15) is 24.0 Å². The monoisotopic (exact) mass is 880 g/mol. The average molecular weight is 882 g/mol. The molecule has 0 N–H and O–H groups in total. The van der Waals surface area contributed by atoms with Gasteiger partial charge in [0.25, 0.3) is 23.6 Å². The predicted octanol–water partition coefficient (Wildman–Crippen LogP) is 4.29. The van der Waals surface area contributed by atoms with Gasteiger partial charge in [0.15, 0.2) is 0 Å². The lowest BCUT2D eigenvalue weighted by Crippen LogP contribution is -3.00. The molecule has 0 saturated carbocycles. The first-order valence-corrected chi connectivity index (χ1v) is 20.2. The molecule has 2 aliphatic rings. The van der Waals surface area contributed by atoms with Crippen LogP contribution in [0.4, 0.5) is 0 Å². The van der Waals surface area contributed by atoms with Crippen LogP contribution in [0.2, 0.25) is 10.0 Å². The van der Waals surface area contributed by atoms with Gasteiger partial charge in [-0.25, -0.2) is 14.1 Å². The van der Waals surface area contributed by atoms with Crippen LogP contribution in [0.5, 0.6) is 0 Å². The number of fused-ring (bicyclic) bond motifs is 2. The van der Waals surface area contributed by atoms with E-state index in [0.717, 1.165) is 22.5 Å². The number of carbonyl (C=O) groups excluding carboxylic acids is 5. The first-order valence-electron chi connectivity index (χ1n) is 19.4. The van der Waals surface area contributed by atoms with Crippen molar-refractivity contribution in [2.45, 2.75) is 53.4 Å². The molecular weight excluding hydrogens is 839 g/mol. The molecule has 8 rings (SSSR count). The smallest absolute Gasteiger partial charge is 0.314 e. The maximum atomic E-state index is 12.7. The van der Waals surface area contributed by atoms with Crippen LogP contribution in [-0.2, 0) is 42.2 Å². The van der Waals surface area contributed by atoms with Gasteiger partial charge in [0, 0.05) is 54.4 Å². The number of hydrogen-bond donors (Lipinski definition) is 0. The molecule has 0 atom stereocenters. The summed E-state index contributed by atoms with van der Waals surface area (Å²) in [5.74, 6) is -1.30. The number of halogens is 3. The van der Waals surface area contributed by atoms with Crippen LogP contribution >= 0.6 is 23.2 Å². The molecule has 6 aromatic rings. The number of esters is 1. The van der Waals surface area contributed by atoms with Gasteiger partial charge in [0.05, 0.1) is 34.0 Å². The summed E-state index contributed by atoms with van der Waals surface area (Å²) in [6.45, 7) is 7.29. The van der Waals surface area contributed by atoms with Crippen LogP contribution in [0.25, 0.3) is 0 Å². The van der Waals surface area contributed by atoms with Crippen molar-refractivity contribution in [1.82, 2.24) is 23.9 Å². The SMILES string of the molecule is CC(C)(C)C(=O)OC[n+]1cc(CCN2C(=O)c3ccccc3C2=O)n(Cc2ccc(Cl)cc2)c1.O=C1c2ccccc2C(=O)N1CCc1cncn1Cc1ccc(Cl)cc1.[Cl-]. The summed E-state index contributed by atoms with van der Waals surface area (Å²) >= 11 is 11.9. The second kappa shape index (κ2) is 19.1.